The number of carbonyl (C=O) groups is 3. The second kappa shape index (κ2) is 19.7. The zero-order valence-electron chi connectivity index (χ0n) is 29.9. The molecule has 1 unspecified atom stereocenters. The third-order valence-corrected chi connectivity index (χ3v) is 8.73. The van der Waals surface area contributed by atoms with Crippen LogP contribution in [0.1, 0.15) is 80.2 Å². The van der Waals surface area contributed by atoms with Crippen molar-refractivity contribution in [2.45, 2.75) is 99.3 Å². The summed E-state index contributed by atoms with van der Waals surface area (Å²) in [4.78, 5) is 38.3. The van der Waals surface area contributed by atoms with Crippen LogP contribution in [-0.2, 0) is 30.3 Å². The molecule has 1 aromatic rings. The lowest BCUT2D eigenvalue weighted by Gasteiger charge is -2.33. The van der Waals surface area contributed by atoms with Crippen molar-refractivity contribution < 1.29 is 33.3 Å². The van der Waals surface area contributed by atoms with E-state index in [9.17, 15) is 14.4 Å². The Labute approximate surface area is 277 Å². The molecule has 0 aliphatic carbocycles. The fourth-order valence-electron chi connectivity index (χ4n) is 5.01. The van der Waals surface area contributed by atoms with Crippen molar-refractivity contribution in [3.63, 3.8) is 0 Å². The molecule has 7 N–H and O–H groups in total. The molecule has 0 fully saturated rings. The van der Waals surface area contributed by atoms with Crippen molar-refractivity contribution in [2.24, 2.45) is 52.2 Å². The van der Waals surface area contributed by atoms with E-state index in [0.717, 1.165) is 12.0 Å². The number of carbonyl (C=O) groups excluding carboxylic acids is 3. The molecular weight excluding hydrogens is 588 g/mol. The van der Waals surface area contributed by atoms with Crippen LogP contribution in [0.2, 0.25) is 0 Å². The molecule has 11 heteroatoms. The van der Waals surface area contributed by atoms with Gasteiger partial charge in [0.15, 0.2) is 11.5 Å². The van der Waals surface area contributed by atoms with Crippen LogP contribution in [0, 0.1) is 35.0 Å². The lowest BCUT2D eigenvalue weighted by atomic mass is 9.80. The Hall–Kier alpha value is -2.89. The first kappa shape index (κ1) is 41.1. The average molecular weight is 651 g/mol. The van der Waals surface area contributed by atoms with E-state index in [1.54, 1.807) is 28.1 Å². The topological polar surface area (TPSA) is 178 Å². The summed E-state index contributed by atoms with van der Waals surface area (Å²) in [5, 5.41) is 2.88. The summed E-state index contributed by atoms with van der Waals surface area (Å²) in [7, 11) is 3.27. The van der Waals surface area contributed by atoms with Crippen molar-refractivity contribution >= 4 is 17.8 Å². The minimum Gasteiger partial charge on any atom is -0.493 e. The number of primary amides is 1. The standard InChI is InChI=1S/C35H62N4O7/c1-21(2)25(16-24-12-13-28(44-10)30(17-24)45-15-11-14-43-9)18-27(36)29(46-33(41)31(37)23(5)6)19-26(22(3)4)32(40)39-20-35(7,8)34(38)42/h12-13,17,21-23,25-27,29,31H,11,14-16,18-20,36-37H2,1-10H3,(H2,38,42)(H,39,40)/t25-,26-,27?,29-,31-/m0/s1. The molecule has 0 heterocycles. The van der Waals surface area contributed by atoms with E-state index in [-0.39, 0.29) is 42.5 Å². The summed E-state index contributed by atoms with van der Waals surface area (Å²) < 4.78 is 22.6. The lowest BCUT2D eigenvalue weighted by molar-refractivity contribution is -0.155. The highest BCUT2D eigenvalue weighted by molar-refractivity contribution is 5.83. The Kier molecular flexibility index (Phi) is 17.6. The molecule has 0 radical (unpaired) electrons. The Balaban J connectivity index is 3.26. The van der Waals surface area contributed by atoms with Gasteiger partial charge < -0.3 is 41.5 Å². The van der Waals surface area contributed by atoms with Crippen molar-refractivity contribution in [2.75, 3.05) is 34.0 Å². The van der Waals surface area contributed by atoms with Crippen LogP contribution in [0.3, 0.4) is 0 Å². The molecule has 0 aliphatic heterocycles. The molecule has 0 bridgehead atoms. The Morgan fingerprint density at radius 3 is 2.07 bits per heavy atom. The smallest absolute Gasteiger partial charge is 0.323 e. The van der Waals surface area contributed by atoms with Gasteiger partial charge in [-0.1, -0.05) is 47.6 Å². The summed E-state index contributed by atoms with van der Waals surface area (Å²) in [6.07, 6.45) is 1.48. The molecule has 11 nitrogen and oxygen atoms in total. The second-order valence-corrected chi connectivity index (χ2v) is 14.1. The molecule has 0 aliphatic rings. The maximum Gasteiger partial charge on any atom is 0.323 e. The molecule has 0 saturated heterocycles. The van der Waals surface area contributed by atoms with E-state index >= 15 is 0 Å². The summed E-state index contributed by atoms with van der Waals surface area (Å²) in [6.45, 7) is 16.4. The Bertz CT molecular complexity index is 1090. The van der Waals surface area contributed by atoms with Gasteiger partial charge in [-0.3, -0.25) is 14.4 Å². The number of hydrogen-bond donors (Lipinski definition) is 4. The van der Waals surface area contributed by atoms with Gasteiger partial charge in [-0.2, -0.15) is 0 Å². The van der Waals surface area contributed by atoms with Gasteiger partial charge in [-0.15, -0.1) is 0 Å². The highest BCUT2D eigenvalue weighted by atomic mass is 16.5. The molecule has 264 valence electrons. The number of hydrogen-bond acceptors (Lipinski definition) is 9. The number of ether oxygens (including phenoxy) is 4. The van der Waals surface area contributed by atoms with E-state index < -0.39 is 41.4 Å². The number of esters is 1. The predicted octanol–water partition coefficient (Wildman–Crippen LogP) is 3.83. The van der Waals surface area contributed by atoms with Crippen LogP contribution in [-0.4, -0.2) is 69.9 Å². The molecule has 46 heavy (non-hydrogen) atoms. The largest absolute Gasteiger partial charge is 0.493 e. The fourth-order valence-corrected chi connectivity index (χ4v) is 5.01. The first-order chi connectivity index (χ1) is 21.4. The first-order valence-electron chi connectivity index (χ1n) is 16.5. The normalized spacial score (nSPS) is 15.3. The third-order valence-electron chi connectivity index (χ3n) is 8.73. The highest BCUT2D eigenvalue weighted by Gasteiger charge is 2.35. The molecule has 0 aromatic heterocycles. The van der Waals surface area contributed by atoms with Gasteiger partial charge in [0.2, 0.25) is 11.8 Å². The van der Waals surface area contributed by atoms with Crippen LogP contribution in [0.5, 0.6) is 11.5 Å². The molecular formula is C35H62N4O7. The van der Waals surface area contributed by atoms with Crippen LogP contribution >= 0.6 is 0 Å². The van der Waals surface area contributed by atoms with E-state index in [0.29, 0.717) is 37.6 Å². The van der Waals surface area contributed by atoms with Crippen LogP contribution in [0.25, 0.3) is 0 Å². The van der Waals surface area contributed by atoms with E-state index in [1.165, 1.54) is 0 Å². The Morgan fingerprint density at radius 1 is 0.891 bits per heavy atom. The maximum atomic E-state index is 13.4. The number of methoxy groups -OCH3 is 2. The van der Waals surface area contributed by atoms with Crippen molar-refractivity contribution in [3.05, 3.63) is 23.8 Å². The predicted molar refractivity (Wildman–Crippen MR) is 181 cm³/mol. The Morgan fingerprint density at radius 2 is 1.54 bits per heavy atom. The van der Waals surface area contributed by atoms with Crippen molar-refractivity contribution in [1.29, 1.82) is 0 Å². The average Bonchev–Trinajstić information content (AvgIpc) is 2.98. The molecule has 0 saturated carbocycles. The third kappa shape index (κ3) is 13.5. The summed E-state index contributed by atoms with van der Waals surface area (Å²) >= 11 is 0. The molecule has 1 aromatic carbocycles. The molecule has 1 rings (SSSR count). The van der Waals surface area contributed by atoms with Crippen LogP contribution in [0.15, 0.2) is 18.2 Å². The number of nitrogens with two attached hydrogens (primary N) is 3. The van der Waals surface area contributed by atoms with Crippen molar-refractivity contribution in [1.82, 2.24) is 5.32 Å². The number of nitrogens with one attached hydrogen (secondary N) is 1. The van der Waals surface area contributed by atoms with E-state index in [2.05, 4.69) is 19.2 Å². The number of amides is 2. The van der Waals surface area contributed by atoms with Gasteiger partial charge in [0.1, 0.15) is 12.1 Å². The van der Waals surface area contributed by atoms with E-state index in [4.69, 9.17) is 36.1 Å². The fraction of sp³-hybridized carbons (Fsp3) is 0.743. The second-order valence-electron chi connectivity index (χ2n) is 14.1. The molecule has 5 atom stereocenters. The lowest BCUT2D eigenvalue weighted by Crippen LogP contribution is -2.49. The van der Waals surface area contributed by atoms with Crippen LogP contribution < -0.4 is 32.0 Å². The van der Waals surface area contributed by atoms with Gasteiger partial charge in [0, 0.05) is 38.6 Å². The monoisotopic (exact) mass is 650 g/mol. The number of rotatable bonds is 22. The molecule has 2 amide bonds. The highest BCUT2D eigenvalue weighted by Crippen LogP contribution is 2.32. The zero-order valence-corrected chi connectivity index (χ0v) is 29.9. The minimum absolute atomic E-state index is 0.0913. The minimum atomic E-state index is -0.912. The SMILES string of the molecule is COCCCOc1cc(C[C@@H](CC(N)[C@H](C[C@H](C(=O)NCC(C)(C)C(N)=O)C(C)C)OC(=O)[C@@H](N)C(C)C)C(C)C)ccc1OC. The van der Waals surface area contributed by atoms with Crippen LogP contribution in [0.4, 0.5) is 0 Å². The maximum absolute atomic E-state index is 13.4. The summed E-state index contributed by atoms with van der Waals surface area (Å²) in [5.74, 6) is -0.331. The van der Waals surface area contributed by atoms with Crippen molar-refractivity contribution in [3.8, 4) is 11.5 Å². The molecule has 0 spiro atoms. The van der Waals surface area contributed by atoms with Gasteiger partial charge in [-0.25, -0.2) is 0 Å². The summed E-state index contributed by atoms with van der Waals surface area (Å²) in [6, 6.07) is 4.54. The van der Waals surface area contributed by atoms with Gasteiger partial charge in [-0.05, 0) is 74.5 Å². The van der Waals surface area contributed by atoms with Gasteiger partial charge in [0.05, 0.1) is 19.1 Å². The van der Waals surface area contributed by atoms with E-state index in [1.807, 2.05) is 45.9 Å². The van der Waals surface area contributed by atoms with Gasteiger partial charge >= 0.3 is 5.97 Å². The zero-order chi connectivity index (χ0) is 35.2. The van der Waals surface area contributed by atoms with Gasteiger partial charge in [0.25, 0.3) is 0 Å². The quantitative estimate of drug-likeness (QED) is 0.107. The summed E-state index contributed by atoms with van der Waals surface area (Å²) in [5.41, 5.74) is 18.7. The first-order valence-corrected chi connectivity index (χ1v) is 16.5. The number of benzene rings is 1.